The van der Waals surface area contributed by atoms with E-state index < -0.39 is 27.2 Å². The van der Waals surface area contributed by atoms with Gasteiger partial charge in [-0.15, -0.1) is 0 Å². The van der Waals surface area contributed by atoms with Gasteiger partial charge in [-0.1, -0.05) is 0 Å². The molecule has 2 heterocycles. The first-order chi connectivity index (χ1) is 9.86. The monoisotopic (exact) mass is 318 g/mol. The highest BCUT2D eigenvalue weighted by Gasteiger charge is 2.41. The molecule has 0 bridgehead atoms. The van der Waals surface area contributed by atoms with Crippen LogP contribution in [0.25, 0.3) is 0 Å². The van der Waals surface area contributed by atoms with E-state index in [-0.39, 0.29) is 37.5 Å². The van der Waals surface area contributed by atoms with Gasteiger partial charge in [-0.3, -0.25) is 9.78 Å². The van der Waals surface area contributed by atoms with E-state index in [9.17, 15) is 22.7 Å². The van der Waals surface area contributed by atoms with E-state index in [2.05, 4.69) is 9.71 Å². The number of aliphatic carboxylic acids is 1. The molecule has 1 aliphatic heterocycles. The normalized spacial score (nSPS) is 18.3. The van der Waals surface area contributed by atoms with Gasteiger partial charge in [0.25, 0.3) is 0 Å². The van der Waals surface area contributed by atoms with E-state index in [1.807, 2.05) is 0 Å². The summed E-state index contributed by atoms with van der Waals surface area (Å²) >= 11 is 0. The van der Waals surface area contributed by atoms with Crippen LogP contribution in [0.1, 0.15) is 12.8 Å². The third kappa shape index (κ3) is 3.55. The molecule has 0 amide bonds. The molecule has 1 fully saturated rings. The fraction of sp³-hybridized carbons (Fsp3) is 0.500. The molecule has 0 aliphatic carbocycles. The van der Waals surface area contributed by atoms with Gasteiger partial charge in [0.05, 0.1) is 11.6 Å². The van der Waals surface area contributed by atoms with Gasteiger partial charge < -0.3 is 9.84 Å². The Labute approximate surface area is 121 Å². The van der Waals surface area contributed by atoms with Crippen molar-refractivity contribution < 1.29 is 27.4 Å². The molecule has 0 aromatic carbocycles. The number of carbonyl (C=O) groups is 1. The van der Waals surface area contributed by atoms with Crippen LogP contribution in [0, 0.1) is 11.2 Å². The Balaban J connectivity index is 2.15. The van der Waals surface area contributed by atoms with Crippen molar-refractivity contribution in [3.8, 4) is 0 Å². The van der Waals surface area contributed by atoms with Crippen molar-refractivity contribution in [3.05, 3.63) is 24.3 Å². The second-order valence-electron chi connectivity index (χ2n) is 4.86. The summed E-state index contributed by atoms with van der Waals surface area (Å²) in [4.78, 5) is 14.6. The third-order valence-corrected chi connectivity index (χ3v) is 4.86. The predicted molar refractivity (Wildman–Crippen MR) is 69.5 cm³/mol. The summed E-state index contributed by atoms with van der Waals surface area (Å²) in [5.74, 6) is -1.86. The number of carboxylic acids is 1. The highest BCUT2D eigenvalue weighted by molar-refractivity contribution is 7.89. The number of ether oxygens (including phenoxy) is 1. The summed E-state index contributed by atoms with van der Waals surface area (Å²) in [5.41, 5.74) is -1.20. The summed E-state index contributed by atoms with van der Waals surface area (Å²) in [6, 6.07) is 0.826. The number of rotatable bonds is 5. The average Bonchev–Trinajstić information content (AvgIpc) is 2.46. The van der Waals surface area contributed by atoms with Gasteiger partial charge in [0.2, 0.25) is 10.0 Å². The predicted octanol–water partition coefficient (Wildman–Crippen LogP) is 0.380. The first-order valence-electron chi connectivity index (χ1n) is 6.27. The molecular formula is C12H15FN2O5S. The summed E-state index contributed by atoms with van der Waals surface area (Å²) < 4.78 is 44.5. The van der Waals surface area contributed by atoms with Crippen LogP contribution in [0.2, 0.25) is 0 Å². The molecule has 7 nitrogen and oxygen atoms in total. The van der Waals surface area contributed by atoms with Gasteiger partial charge in [-0.25, -0.2) is 17.5 Å². The topological polar surface area (TPSA) is 106 Å². The molecule has 9 heteroatoms. The zero-order chi connectivity index (χ0) is 15.5. The van der Waals surface area contributed by atoms with Crippen molar-refractivity contribution in [2.24, 2.45) is 5.41 Å². The van der Waals surface area contributed by atoms with Crippen LogP contribution in [-0.4, -0.2) is 44.2 Å². The van der Waals surface area contributed by atoms with E-state index in [0.29, 0.717) is 0 Å². The van der Waals surface area contributed by atoms with Crippen molar-refractivity contribution in [1.29, 1.82) is 0 Å². The molecule has 1 aromatic heterocycles. The summed E-state index contributed by atoms with van der Waals surface area (Å²) in [6.07, 6.45) is 2.32. The molecule has 2 rings (SSSR count). The summed E-state index contributed by atoms with van der Waals surface area (Å²) in [7, 11) is -4.01. The van der Waals surface area contributed by atoms with Crippen molar-refractivity contribution in [2.75, 3.05) is 19.8 Å². The number of aromatic nitrogens is 1. The van der Waals surface area contributed by atoms with Gasteiger partial charge in [0, 0.05) is 26.0 Å². The number of hydrogen-bond donors (Lipinski definition) is 2. The minimum atomic E-state index is -4.01. The van der Waals surface area contributed by atoms with Crippen molar-refractivity contribution in [3.63, 3.8) is 0 Å². The zero-order valence-corrected chi connectivity index (χ0v) is 11.9. The summed E-state index contributed by atoms with van der Waals surface area (Å²) in [5, 5.41) is 9.34. The largest absolute Gasteiger partial charge is 0.481 e. The lowest BCUT2D eigenvalue weighted by Gasteiger charge is -2.32. The maximum Gasteiger partial charge on any atom is 0.311 e. The highest BCUT2D eigenvalue weighted by Crippen LogP contribution is 2.30. The van der Waals surface area contributed by atoms with E-state index in [4.69, 9.17) is 4.74 Å². The Hall–Kier alpha value is -1.58. The van der Waals surface area contributed by atoms with E-state index in [0.717, 1.165) is 18.5 Å². The fourth-order valence-corrected chi connectivity index (χ4v) is 3.18. The molecule has 21 heavy (non-hydrogen) atoms. The Morgan fingerprint density at radius 2 is 2.10 bits per heavy atom. The van der Waals surface area contributed by atoms with Crippen molar-refractivity contribution >= 4 is 16.0 Å². The van der Waals surface area contributed by atoms with Crippen LogP contribution in [0.5, 0.6) is 0 Å². The molecule has 0 atom stereocenters. The van der Waals surface area contributed by atoms with Crippen molar-refractivity contribution in [2.45, 2.75) is 17.7 Å². The lowest BCUT2D eigenvalue weighted by Crippen LogP contribution is -2.46. The second kappa shape index (κ2) is 6.04. The molecule has 0 radical (unpaired) electrons. The lowest BCUT2D eigenvalue weighted by atomic mass is 9.80. The number of halogens is 1. The Morgan fingerprint density at radius 1 is 1.43 bits per heavy atom. The zero-order valence-electron chi connectivity index (χ0n) is 11.1. The standard InChI is InChI=1S/C12H15FN2O5S/c13-9-5-10(7-14-6-9)21(18,19)15-8-12(11(16)17)1-3-20-4-2-12/h5-7,15H,1-4,8H2,(H,16,17). The SMILES string of the molecule is O=C(O)C1(CNS(=O)(=O)c2cncc(F)c2)CCOCC1. The molecule has 2 N–H and O–H groups in total. The molecule has 0 spiro atoms. The Bertz CT molecular complexity index is 628. The third-order valence-electron chi connectivity index (χ3n) is 3.49. The molecule has 116 valence electrons. The number of nitrogens with one attached hydrogen (secondary N) is 1. The van der Waals surface area contributed by atoms with E-state index in [1.54, 1.807) is 0 Å². The minimum absolute atomic E-state index is 0.215. The summed E-state index contributed by atoms with van der Waals surface area (Å²) in [6.45, 7) is 0.246. The Morgan fingerprint density at radius 3 is 2.67 bits per heavy atom. The maximum absolute atomic E-state index is 13.0. The van der Waals surface area contributed by atoms with E-state index in [1.165, 1.54) is 0 Å². The molecule has 1 aliphatic rings. The Kier molecular flexibility index (Phi) is 4.55. The number of hydrogen-bond acceptors (Lipinski definition) is 5. The van der Waals surface area contributed by atoms with E-state index >= 15 is 0 Å². The van der Waals surface area contributed by atoms with Crippen LogP contribution in [0.3, 0.4) is 0 Å². The van der Waals surface area contributed by atoms with Crippen LogP contribution in [-0.2, 0) is 19.6 Å². The van der Waals surface area contributed by atoms with Gasteiger partial charge in [-0.05, 0) is 18.9 Å². The quantitative estimate of drug-likeness (QED) is 0.813. The molecule has 0 saturated carbocycles. The van der Waals surface area contributed by atoms with Crippen LogP contribution in [0.4, 0.5) is 4.39 Å². The van der Waals surface area contributed by atoms with Gasteiger partial charge in [0.1, 0.15) is 10.7 Å². The minimum Gasteiger partial charge on any atom is -0.481 e. The first-order valence-corrected chi connectivity index (χ1v) is 7.75. The fourth-order valence-electron chi connectivity index (χ4n) is 2.08. The average molecular weight is 318 g/mol. The second-order valence-corrected chi connectivity index (χ2v) is 6.63. The maximum atomic E-state index is 13.0. The smallest absolute Gasteiger partial charge is 0.311 e. The molecule has 1 saturated heterocycles. The van der Waals surface area contributed by atoms with Crippen LogP contribution < -0.4 is 4.72 Å². The highest BCUT2D eigenvalue weighted by atomic mass is 32.2. The van der Waals surface area contributed by atoms with Gasteiger partial charge >= 0.3 is 5.97 Å². The lowest BCUT2D eigenvalue weighted by molar-refractivity contribution is -0.154. The number of carboxylic acid groups (broad SMARTS) is 1. The van der Waals surface area contributed by atoms with Crippen LogP contribution >= 0.6 is 0 Å². The number of pyridine rings is 1. The van der Waals surface area contributed by atoms with Crippen LogP contribution in [0.15, 0.2) is 23.4 Å². The molecule has 1 aromatic rings. The van der Waals surface area contributed by atoms with Crippen molar-refractivity contribution in [1.82, 2.24) is 9.71 Å². The van der Waals surface area contributed by atoms with Gasteiger partial charge in [-0.2, -0.15) is 0 Å². The molecule has 0 unspecified atom stereocenters. The van der Waals surface area contributed by atoms with Gasteiger partial charge in [0.15, 0.2) is 0 Å². The number of sulfonamides is 1. The first kappa shape index (κ1) is 15.8. The molecular weight excluding hydrogens is 303 g/mol. The number of nitrogens with zero attached hydrogens (tertiary/aromatic N) is 1.